The molecule has 2 N–H and O–H groups in total. The molecule has 0 radical (unpaired) electrons. The fraction of sp³-hybridized carbons (Fsp3) is 0.138. The second-order valence-electron chi connectivity index (χ2n) is 9.18. The lowest BCUT2D eigenvalue weighted by molar-refractivity contribution is -0.119. The largest absolute Gasteiger partial charge is 0.465 e. The molecule has 0 atom stereocenters. The standard InChI is InChI=1S/C29H24N6O4/c1-39-29(38)20-7-9-22-23(14-20)33-28(37)26(22)27(18-5-3-2-4-6-18)32-21-8-10-24-19(13-21)11-12-35(24)25(36)15-34-17-30-16-31-34/h2-10,13-14,16-17,32H,11-12,15H2,1H3,(H,33,37)/b27-26-. The molecule has 10 heteroatoms. The molecule has 0 saturated heterocycles. The number of hydrogen-bond acceptors (Lipinski definition) is 7. The van der Waals surface area contributed by atoms with E-state index < -0.39 is 5.97 Å². The highest BCUT2D eigenvalue weighted by Crippen LogP contribution is 2.39. The molecule has 0 aliphatic carbocycles. The number of rotatable bonds is 6. The molecule has 3 aromatic carbocycles. The monoisotopic (exact) mass is 520 g/mol. The van der Waals surface area contributed by atoms with Gasteiger partial charge in [0.05, 0.1) is 29.6 Å². The molecule has 4 aromatic rings. The van der Waals surface area contributed by atoms with Crippen molar-refractivity contribution in [2.45, 2.75) is 13.0 Å². The Morgan fingerprint density at radius 3 is 2.67 bits per heavy atom. The molecule has 0 unspecified atom stereocenters. The Labute approximate surface area is 223 Å². The summed E-state index contributed by atoms with van der Waals surface area (Å²) in [4.78, 5) is 43.8. The quantitative estimate of drug-likeness (QED) is 0.295. The first-order chi connectivity index (χ1) is 19.0. The Morgan fingerprint density at radius 2 is 1.90 bits per heavy atom. The van der Waals surface area contributed by atoms with E-state index in [1.807, 2.05) is 48.5 Å². The summed E-state index contributed by atoms with van der Waals surface area (Å²) in [6, 6.07) is 20.4. The number of methoxy groups -OCH3 is 1. The van der Waals surface area contributed by atoms with Crippen molar-refractivity contribution in [3.05, 3.63) is 102 Å². The van der Waals surface area contributed by atoms with Gasteiger partial charge in [0, 0.05) is 23.5 Å². The van der Waals surface area contributed by atoms with E-state index in [2.05, 4.69) is 20.7 Å². The highest BCUT2D eigenvalue weighted by atomic mass is 16.5. The van der Waals surface area contributed by atoms with Crippen molar-refractivity contribution in [3.8, 4) is 0 Å². The number of hydrogen-bond donors (Lipinski definition) is 2. The zero-order chi connectivity index (χ0) is 26.9. The Kier molecular flexibility index (Phi) is 6.12. The molecule has 0 bridgehead atoms. The highest BCUT2D eigenvalue weighted by Gasteiger charge is 2.30. The molecule has 3 heterocycles. The fourth-order valence-corrected chi connectivity index (χ4v) is 4.97. The maximum atomic E-state index is 13.2. The first-order valence-electron chi connectivity index (χ1n) is 12.4. The Hall–Kier alpha value is -5.25. The third-order valence-corrected chi connectivity index (χ3v) is 6.81. The zero-order valence-electron chi connectivity index (χ0n) is 21.0. The number of nitrogens with zero attached hydrogens (tertiary/aromatic N) is 4. The normalized spacial score (nSPS) is 14.9. The van der Waals surface area contributed by atoms with Gasteiger partial charge in [0.1, 0.15) is 19.2 Å². The first kappa shape index (κ1) is 24.1. The van der Waals surface area contributed by atoms with Crippen molar-refractivity contribution in [2.75, 3.05) is 29.2 Å². The van der Waals surface area contributed by atoms with E-state index in [1.165, 1.54) is 24.4 Å². The van der Waals surface area contributed by atoms with E-state index in [4.69, 9.17) is 4.74 Å². The van der Waals surface area contributed by atoms with Crippen molar-refractivity contribution in [2.24, 2.45) is 0 Å². The number of benzene rings is 3. The summed E-state index contributed by atoms with van der Waals surface area (Å²) >= 11 is 0. The van der Waals surface area contributed by atoms with Crippen molar-refractivity contribution in [1.29, 1.82) is 0 Å². The van der Waals surface area contributed by atoms with Crippen LogP contribution in [0, 0.1) is 0 Å². The topological polar surface area (TPSA) is 118 Å². The molecule has 0 fully saturated rings. The van der Waals surface area contributed by atoms with Gasteiger partial charge < -0.3 is 20.3 Å². The SMILES string of the molecule is COC(=O)c1ccc2c(c1)NC(=O)/C2=C(\Nc1ccc2c(c1)CCN2C(=O)Cn1cncn1)c1ccccc1. The Bertz CT molecular complexity index is 1630. The van der Waals surface area contributed by atoms with Crippen molar-refractivity contribution in [3.63, 3.8) is 0 Å². The number of anilines is 3. The molecule has 0 spiro atoms. The second-order valence-corrected chi connectivity index (χ2v) is 9.18. The van der Waals surface area contributed by atoms with Gasteiger partial charge in [-0.15, -0.1) is 0 Å². The zero-order valence-corrected chi connectivity index (χ0v) is 21.0. The number of fused-ring (bicyclic) bond motifs is 2. The van der Waals surface area contributed by atoms with Crippen LogP contribution in [0.15, 0.2) is 79.4 Å². The molecule has 1 aromatic heterocycles. The second kappa shape index (κ2) is 9.90. The van der Waals surface area contributed by atoms with Crippen LogP contribution in [0.3, 0.4) is 0 Å². The van der Waals surface area contributed by atoms with E-state index in [0.29, 0.717) is 41.1 Å². The minimum Gasteiger partial charge on any atom is -0.465 e. The molecule has 39 heavy (non-hydrogen) atoms. The molecule has 0 saturated carbocycles. The Morgan fingerprint density at radius 1 is 1.05 bits per heavy atom. The number of ether oxygens (including phenoxy) is 1. The predicted molar refractivity (Wildman–Crippen MR) is 146 cm³/mol. The average Bonchev–Trinajstić information content (AvgIpc) is 3.69. The van der Waals surface area contributed by atoms with Crippen LogP contribution in [0.25, 0.3) is 11.3 Å². The van der Waals surface area contributed by atoms with Gasteiger partial charge in [-0.1, -0.05) is 36.4 Å². The minimum atomic E-state index is -0.474. The smallest absolute Gasteiger partial charge is 0.337 e. The summed E-state index contributed by atoms with van der Waals surface area (Å²) in [5.41, 5.74) is 6.20. The third-order valence-electron chi connectivity index (χ3n) is 6.81. The average molecular weight is 521 g/mol. The van der Waals surface area contributed by atoms with Gasteiger partial charge in [0.15, 0.2) is 0 Å². The summed E-state index contributed by atoms with van der Waals surface area (Å²) in [7, 11) is 1.32. The van der Waals surface area contributed by atoms with Crippen molar-refractivity contribution >= 4 is 46.1 Å². The van der Waals surface area contributed by atoms with Gasteiger partial charge >= 0.3 is 5.97 Å². The van der Waals surface area contributed by atoms with Gasteiger partial charge in [0.25, 0.3) is 5.91 Å². The fourth-order valence-electron chi connectivity index (χ4n) is 4.97. The van der Waals surface area contributed by atoms with Gasteiger partial charge in [-0.05, 0) is 47.9 Å². The first-order valence-corrected chi connectivity index (χ1v) is 12.4. The third kappa shape index (κ3) is 4.52. The molecule has 194 valence electrons. The van der Waals surface area contributed by atoms with Crippen LogP contribution in [-0.2, 0) is 27.3 Å². The summed E-state index contributed by atoms with van der Waals surface area (Å²) in [5, 5.41) is 10.4. The maximum Gasteiger partial charge on any atom is 0.337 e. The van der Waals surface area contributed by atoms with E-state index in [1.54, 1.807) is 23.1 Å². The van der Waals surface area contributed by atoms with Crippen LogP contribution < -0.4 is 15.5 Å². The van der Waals surface area contributed by atoms with Gasteiger partial charge in [-0.3, -0.25) is 9.59 Å². The van der Waals surface area contributed by atoms with Crippen molar-refractivity contribution in [1.82, 2.24) is 14.8 Å². The minimum absolute atomic E-state index is 0.0578. The summed E-state index contributed by atoms with van der Waals surface area (Å²) < 4.78 is 6.33. The lowest BCUT2D eigenvalue weighted by Gasteiger charge is -2.18. The number of aromatic nitrogens is 3. The van der Waals surface area contributed by atoms with Crippen LogP contribution in [0.5, 0.6) is 0 Å². The lowest BCUT2D eigenvalue weighted by atomic mass is 9.99. The van der Waals surface area contributed by atoms with Crippen LogP contribution >= 0.6 is 0 Å². The maximum absolute atomic E-state index is 13.2. The molecule has 2 aliphatic rings. The van der Waals surface area contributed by atoms with Gasteiger partial charge in [-0.25, -0.2) is 14.5 Å². The lowest BCUT2D eigenvalue weighted by Crippen LogP contribution is -2.32. The van der Waals surface area contributed by atoms with Crippen LogP contribution in [0.1, 0.15) is 27.0 Å². The number of carbonyl (C=O) groups excluding carboxylic acids is 3. The Balaban J connectivity index is 1.35. The molecule has 10 nitrogen and oxygen atoms in total. The van der Waals surface area contributed by atoms with E-state index >= 15 is 0 Å². The van der Waals surface area contributed by atoms with Gasteiger partial charge in [0.2, 0.25) is 5.91 Å². The molecular formula is C29H24N6O4. The molecular weight excluding hydrogens is 496 g/mol. The summed E-state index contributed by atoms with van der Waals surface area (Å²) in [6.07, 6.45) is 3.64. The number of esters is 1. The number of carbonyl (C=O) groups is 3. The molecule has 2 aliphatic heterocycles. The van der Waals surface area contributed by atoms with E-state index in [-0.39, 0.29) is 18.4 Å². The molecule has 2 amide bonds. The number of nitrogens with one attached hydrogen (secondary N) is 2. The number of amides is 2. The summed E-state index contributed by atoms with van der Waals surface area (Å²) in [5.74, 6) is -0.806. The van der Waals surface area contributed by atoms with Crippen LogP contribution in [0.4, 0.5) is 17.1 Å². The highest BCUT2D eigenvalue weighted by molar-refractivity contribution is 6.37. The van der Waals surface area contributed by atoms with Crippen molar-refractivity contribution < 1.29 is 19.1 Å². The van der Waals surface area contributed by atoms with E-state index in [0.717, 1.165) is 22.5 Å². The summed E-state index contributed by atoms with van der Waals surface area (Å²) in [6.45, 7) is 0.702. The van der Waals surface area contributed by atoms with Gasteiger partial charge in [-0.2, -0.15) is 5.10 Å². The molecule has 6 rings (SSSR count). The predicted octanol–water partition coefficient (Wildman–Crippen LogP) is 3.59. The van der Waals surface area contributed by atoms with Crippen LogP contribution in [-0.4, -0.2) is 46.2 Å². The van der Waals surface area contributed by atoms with Crippen LogP contribution in [0.2, 0.25) is 0 Å². The van der Waals surface area contributed by atoms with E-state index in [9.17, 15) is 14.4 Å².